The lowest BCUT2D eigenvalue weighted by molar-refractivity contribution is 0.0472. The van der Waals surface area contributed by atoms with Crippen LogP contribution in [0.1, 0.15) is 15.9 Å². The Labute approximate surface area is 186 Å². The van der Waals surface area contributed by atoms with E-state index in [4.69, 9.17) is 32.7 Å². The number of morpholine rings is 1. The second-order valence-corrected chi connectivity index (χ2v) is 9.86. The average Bonchev–Trinajstić information content (AvgIpc) is 2.74. The molecule has 3 rings (SSSR count). The van der Waals surface area contributed by atoms with Crippen molar-refractivity contribution in [1.82, 2.24) is 4.31 Å². The number of ether oxygens (including phenoxy) is 2. The third kappa shape index (κ3) is 5.07. The number of sulfonamides is 1. The highest BCUT2D eigenvalue weighted by molar-refractivity contribution is 7.89. The number of benzene rings is 2. The number of anilines is 1. The molecule has 0 N–H and O–H groups in total. The van der Waals surface area contributed by atoms with Crippen LogP contribution in [0.15, 0.2) is 41.3 Å². The van der Waals surface area contributed by atoms with E-state index in [-0.39, 0.29) is 17.1 Å². The third-order valence-electron chi connectivity index (χ3n) is 4.67. The zero-order chi connectivity index (χ0) is 21.9. The van der Waals surface area contributed by atoms with Crippen LogP contribution in [0.3, 0.4) is 0 Å². The van der Waals surface area contributed by atoms with Crippen molar-refractivity contribution in [2.24, 2.45) is 0 Å². The van der Waals surface area contributed by atoms with Gasteiger partial charge >= 0.3 is 5.97 Å². The molecular weight excluding hydrogens is 451 g/mol. The summed E-state index contributed by atoms with van der Waals surface area (Å²) < 4.78 is 37.0. The van der Waals surface area contributed by atoms with Gasteiger partial charge in [0.05, 0.1) is 39.4 Å². The first-order chi connectivity index (χ1) is 14.2. The van der Waals surface area contributed by atoms with Gasteiger partial charge in [-0.2, -0.15) is 0 Å². The van der Waals surface area contributed by atoms with Gasteiger partial charge in [-0.25, -0.2) is 17.5 Å². The molecule has 0 bridgehead atoms. The van der Waals surface area contributed by atoms with E-state index in [1.54, 1.807) is 24.3 Å². The molecule has 1 fully saturated rings. The van der Waals surface area contributed by atoms with Gasteiger partial charge in [-0.3, -0.25) is 0 Å². The molecule has 1 saturated heterocycles. The number of rotatable bonds is 6. The van der Waals surface area contributed by atoms with Crippen molar-refractivity contribution in [3.63, 3.8) is 0 Å². The summed E-state index contributed by atoms with van der Waals surface area (Å²) in [5.74, 6) is -0.627. The highest BCUT2D eigenvalue weighted by Crippen LogP contribution is 2.28. The van der Waals surface area contributed by atoms with Crippen molar-refractivity contribution >= 4 is 44.9 Å². The minimum atomic E-state index is -3.71. The van der Waals surface area contributed by atoms with Gasteiger partial charge in [-0.1, -0.05) is 29.3 Å². The van der Waals surface area contributed by atoms with E-state index < -0.39 is 16.0 Å². The Hall–Kier alpha value is -1.84. The van der Waals surface area contributed by atoms with E-state index in [0.717, 1.165) is 4.31 Å². The number of nitrogens with zero attached hydrogens (tertiary/aromatic N) is 2. The summed E-state index contributed by atoms with van der Waals surface area (Å²) in [5, 5.41) is 0.765. The van der Waals surface area contributed by atoms with Gasteiger partial charge in [0.15, 0.2) is 0 Å². The van der Waals surface area contributed by atoms with E-state index in [9.17, 15) is 13.2 Å². The Kier molecular flexibility index (Phi) is 7.26. The molecule has 7 nitrogen and oxygen atoms in total. The van der Waals surface area contributed by atoms with Crippen molar-refractivity contribution in [1.29, 1.82) is 0 Å². The van der Waals surface area contributed by atoms with E-state index in [1.165, 1.54) is 26.2 Å². The van der Waals surface area contributed by atoms with Gasteiger partial charge in [0.2, 0.25) is 10.0 Å². The standard InChI is InChI=1S/C20H22Cl2N2O5S/c1-23(2)30(26,27)15-4-6-19(24-7-9-28-10-8-24)16(12-15)20(25)29-13-14-3-5-17(21)18(22)11-14/h3-6,11-12H,7-10,13H2,1-2H3. The van der Waals surface area contributed by atoms with Crippen LogP contribution in [0.4, 0.5) is 5.69 Å². The molecule has 162 valence electrons. The Morgan fingerprint density at radius 3 is 2.43 bits per heavy atom. The van der Waals surface area contributed by atoms with E-state index in [0.29, 0.717) is 47.6 Å². The number of hydrogen-bond donors (Lipinski definition) is 0. The summed E-state index contributed by atoms with van der Waals surface area (Å²) in [5.41, 5.74) is 1.46. The van der Waals surface area contributed by atoms with Gasteiger partial charge in [-0.05, 0) is 35.9 Å². The summed E-state index contributed by atoms with van der Waals surface area (Å²) in [6, 6.07) is 9.44. The summed E-state index contributed by atoms with van der Waals surface area (Å²) >= 11 is 11.9. The Morgan fingerprint density at radius 2 is 1.80 bits per heavy atom. The number of carbonyl (C=O) groups excluding carboxylic acids is 1. The maximum absolute atomic E-state index is 12.9. The lowest BCUT2D eigenvalue weighted by atomic mass is 10.1. The van der Waals surface area contributed by atoms with Crippen molar-refractivity contribution in [3.05, 3.63) is 57.6 Å². The third-order valence-corrected chi connectivity index (χ3v) is 7.22. The van der Waals surface area contributed by atoms with Crippen molar-refractivity contribution in [2.45, 2.75) is 11.5 Å². The molecule has 0 aliphatic carbocycles. The first kappa shape index (κ1) is 22.8. The molecule has 0 radical (unpaired) electrons. The maximum atomic E-state index is 12.9. The molecule has 0 atom stereocenters. The van der Waals surface area contributed by atoms with Crippen LogP contribution >= 0.6 is 23.2 Å². The lowest BCUT2D eigenvalue weighted by Crippen LogP contribution is -2.37. The van der Waals surface area contributed by atoms with Crippen molar-refractivity contribution in [3.8, 4) is 0 Å². The first-order valence-corrected chi connectivity index (χ1v) is 11.4. The molecule has 30 heavy (non-hydrogen) atoms. The molecule has 0 amide bonds. The minimum absolute atomic E-state index is 0.0194. The van der Waals surface area contributed by atoms with Crippen LogP contribution in [0, 0.1) is 0 Å². The molecule has 10 heteroatoms. The average molecular weight is 473 g/mol. The van der Waals surface area contributed by atoms with Crippen LogP contribution in [-0.2, 0) is 26.1 Å². The van der Waals surface area contributed by atoms with Crippen molar-refractivity contribution < 1.29 is 22.7 Å². The SMILES string of the molecule is CN(C)S(=O)(=O)c1ccc(N2CCOCC2)c(C(=O)OCc2ccc(Cl)c(Cl)c2)c1. The van der Waals surface area contributed by atoms with Gasteiger partial charge in [0.1, 0.15) is 6.61 Å². The molecule has 0 spiro atoms. The zero-order valence-corrected chi connectivity index (χ0v) is 18.9. The Balaban J connectivity index is 1.91. The number of hydrogen-bond acceptors (Lipinski definition) is 6. The predicted molar refractivity (Wildman–Crippen MR) is 116 cm³/mol. The highest BCUT2D eigenvalue weighted by Gasteiger charge is 2.25. The molecule has 2 aromatic carbocycles. The maximum Gasteiger partial charge on any atom is 0.340 e. The summed E-state index contributed by atoms with van der Waals surface area (Å²) in [4.78, 5) is 14.9. The van der Waals surface area contributed by atoms with Gasteiger partial charge in [-0.15, -0.1) is 0 Å². The highest BCUT2D eigenvalue weighted by atomic mass is 35.5. The second-order valence-electron chi connectivity index (χ2n) is 6.89. The topological polar surface area (TPSA) is 76.2 Å². The summed E-state index contributed by atoms with van der Waals surface area (Å²) in [6.07, 6.45) is 0. The van der Waals surface area contributed by atoms with Crippen molar-refractivity contribution in [2.75, 3.05) is 45.3 Å². The molecule has 0 saturated carbocycles. The molecular formula is C20H22Cl2N2O5S. The van der Waals surface area contributed by atoms with Crippen LogP contribution in [-0.4, -0.2) is 59.1 Å². The fourth-order valence-electron chi connectivity index (χ4n) is 2.99. The quantitative estimate of drug-likeness (QED) is 0.599. The Morgan fingerprint density at radius 1 is 1.10 bits per heavy atom. The fourth-order valence-corrected chi connectivity index (χ4v) is 4.24. The smallest absolute Gasteiger partial charge is 0.340 e. The van der Waals surface area contributed by atoms with Crippen LogP contribution in [0.5, 0.6) is 0 Å². The Bertz CT molecular complexity index is 1040. The van der Waals surface area contributed by atoms with Gasteiger partial charge in [0.25, 0.3) is 0 Å². The molecule has 2 aromatic rings. The number of carbonyl (C=O) groups is 1. The van der Waals surface area contributed by atoms with E-state index in [2.05, 4.69) is 0 Å². The van der Waals surface area contributed by atoms with E-state index >= 15 is 0 Å². The zero-order valence-electron chi connectivity index (χ0n) is 16.6. The van der Waals surface area contributed by atoms with Gasteiger partial charge < -0.3 is 14.4 Å². The monoisotopic (exact) mass is 472 g/mol. The van der Waals surface area contributed by atoms with Crippen LogP contribution in [0.2, 0.25) is 10.0 Å². The largest absolute Gasteiger partial charge is 0.457 e. The predicted octanol–water partition coefficient (Wildman–Crippen LogP) is 3.44. The molecule has 1 aliphatic rings. The molecule has 0 unspecified atom stereocenters. The normalized spacial score (nSPS) is 14.8. The minimum Gasteiger partial charge on any atom is -0.457 e. The van der Waals surface area contributed by atoms with Crippen LogP contribution in [0.25, 0.3) is 0 Å². The lowest BCUT2D eigenvalue weighted by Gasteiger charge is -2.30. The molecule has 1 heterocycles. The fraction of sp³-hybridized carbons (Fsp3) is 0.350. The molecule has 0 aromatic heterocycles. The first-order valence-electron chi connectivity index (χ1n) is 9.20. The second kappa shape index (κ2) is 9.53. The summed E-state index contributed by atoms with van der Waals surface area (Å²) in [7, 11) is -0.832. The van der Waals surface area contributed by atoms with Gasteiger partial charge in [0, 0.05) is 27.2 Å². The number of halogens is 2. The van der Waals surface area contributed by atoms with E-state index in [1.807, 2.05) is 4.90 Å². The summed E-state index contributed by atoms with van der Waals surface area (Å²) in [6.45, 7) is 2.20. The number of esters is 1. The van der Waals surface area contributed by atoms with Crippen LogP contribution < -0.4 is 4.90 Å². The molecule has 1 aliphatic heterocycles.